The van der Waals surface area contributed by atoms with Crippen LogP contribution in [0.5, 0.6) is 0 Å². The molecule has 0 spiro atoms. The Balaban J connectivity index is 0.933. The number of rotatable bonds is 4. The third-order valence-electron chi connectivity index (χ3n) is 13.9. The van der Waals surface area contributed by atoms with Crippen LogP contribution >= 0.6 is 22.7 Å². The maximum Gasteiger partial charge on any atom is 0.0620 e. The third kappa shape index (κ3) is 4.73. The molecule has 0 aliphatic heterocycles. The van der Waals surface area contributed by atoms with Crippen LogP contribution in [0.1, 0.15) is 0 Å². The first-order valence-corrected chi connectivity index (χ1v) is 23.5. The molecule has 15 aromatic rings. The zero-order valence-corrected chi connectivity index (χ0v) is 36.0. The van der Waals surface area contributed by atoms with E-state index in [1.807, 2.05) is 22.7 Å². The summed E-state index contributed by atoms with van der Waals surface area (Å²) in [5, 5.41) is 13.0. The van der Waals surface area contributed by atoms with Crippen molar-refractivity contribution in [2.75, 3.05) is 0 Å². The smallest absolute Gasteiger partial charge is 0.0620 e. The van der Waals surface area contributed by atoms with Crippen LogP contribution in [-0.2, 0) is 0 Å². The quantitative estimate of drug-likeness (QED) is 0.167. The molecule has 64 heavy (non-hydrogen) atoms. The predicted octanol–water partition coefficient (Wildman–Crippen LogP) is 17.7. The first-order chi connectivity index (χ1) is 31.7. The molecule has 2 nitrogen and oxygen atoms in total. The summed E-state index contributed by atoms with van der Waals surface area (Å²) in [6.45, 7) is 0. The maximum atomic E-state index is 2.47. The summed E-state index contributed by atoms with van der Waals surface area (Å²) in [4.78, 5) is 0. The Kier molecular flexibility index (Phi) is 7.01. The molecule has 5 aromatic heterocycles. The number of hydrogen-bond donors (Lipinski definition) is 0. The van der Waals surface area contributed by atoms with Crippen molar-refractivity contribution in [2.45, 2.75) is 0 Å². The van der Waals surface area contributed by atoms with Crippen molar-refractivity contribution in [3.05, 3.63) is 206 Å². The maximum absolute atomic E-state index is 2.47. The second kappa shape index (κ2) is 12.9. The normalized spacial score (nSPS) is 12.4. The van der Waals surface area contributed by atoms with Gasteiger partial charge in [-0.05, 0) is 106 Å². The van der Waals surface area contributed by atoms with E-state index >= 15 is 0 Å². The number of benzene rings is 10. The van der Waals surface area contributed by atoms with Crippen LogP contribution in [0.4, 0.5) is 0 Å². The minimum Gasteiger partial charge on any atom is -0.309 e. The van der Waals surface area contributed by atoms with Crippen LogP contribution in [-0.4, -0.2) is 8.97 Å². The fraction of sp³-hybridized carbons (Fsp3) is 0. The van der Waals surface area contributed by atoms with Gasteiger partial charge in [0.1, 0.15) is 0 Å². The molecule has 10 aromatic carbocycles. The second-order valence-electron chi connectivity index (χ2n) is 17.2. The topological polar surface area (TPSA) is 9.34 Å². The van der Waals surface area contributed by atoms with E-state index in [-0.39, 0.29) is 0 Å². The summed E-state index contributed by atoms with van der Waals surface area (Å²) in [5.74, 6) is 0. The second-order valence-corrected chi connectivity index (χ2v) is 19.3. The molecule has 0 fully saturated rings. The molecule has 0 bridgehead atoms. The van der Waals surface area contributed by atoms with Crippen molar-refractivity contribution in [1.29, 1.82) is 0 Å². The molecule has 4 heteroatoms. The summed E-state index contributed by atoms with van der Waals surface area (Å²) in [5.41, 5.74) is 14.9. The molecule has 296 valence electrons. The summed E-state index contributed by atoms with van der Waals surface area (Å²) < 4.78 is 10.2. The zero-order chi connectivity index (χ0) is 41.6. The third-order valence-corrected chi connectivity index (χ3v) is 16.3. The Morgan fingerprint density at radius 3 is 1.25 bits per heavy atom. The van der Waals surface area contributed by atoms with Crippen molar-refractivity contribution >= 4 is 123 Å². The summed E-state index contributed by atoms with van der Waals surface area (Å²) in [7, 11) is 0. The SMILES string of the molecule is c1ccc2c(c1)sc1c(-c3ccc4c(c3)c3cc(-c5cccc6c5sc5ccccc56)ccc3n4-c3ccc(-c4cc5c6ccccc6n6c7ccccc7c(c4)c56)cc3)cccc12. The fourth-order valence-electron chi connectivity index (χ4n) is 11.0. The zero-order valence-electron chi connectivity index (χ0n) is 34.3. The molecule has 0 unspecified atom stereocenters. The molecule has 0 amide bonds. The van der Waals surface area contributed by atoms with Crippen LogP contribution < -0.4 is 0 Å². The van der Waals surface area contributed by atoms with Gasteiger partial charge in [0.15, 0.2) is 0 Å². The van der Waals surface area contributed by atoms with Crippen molar-refractivity contribution in [3.8, 4) is 39.1 Å². The molecule has 0 N–H and O–H groups in total. The fourth-order valence-corrected chi connectivity index (χ4v) is 13.5. The van der Waals surface area contributed by atoms with Gasteiger partial charge in [0, 0.05) is 78.3 Å². The van der Waals surface area contributed by atoms with Crippen molar-refractivity contribution in [1.82, 2.24) is 8.97 Å². The van der Waals surface area contributed by atoms with Crippen LogP contribution in [0.3, 0.4) is 0 Å². The number of nitrogens with zero attached hydrogens (tertiary/aromatic N) is 2. The highest BCUT2D eigenvalue weighted by atomic mass is 32.1. The minimum atomic E-state index is 1.15. The average Bonchev–Trinajstić information content (AvgIpc) is 4.17. The number of fused-ring (bicyclic) bond motifs is 15. The minimum absolute atomic E-state index is 1.15. The van der Waals surface area contributed by atoms with E-state index in [1.54, 1.807) is 0 Å². The Morgan fingerprint density at radius 1 is 0.281 bits per heavy atom. The Bertz CT molecular complexity index is 4170. The highest BCUT2D eigenvalue weighted by molar-refractivity contribution is 7.26. The van der Waals surface area contributed by atoms with Gasteiger partial charge in [0.05, 0.1) is 27.6 Å². The first-order valence-electron chi connectivity index (χ1n) is 21.9. The van der Waals surface area contributed by atoms with Gasteiger partial charge < -0.3 is 8.97 Å². The van der Waals surface area contributed by atoms with Gasteiger partial charge in [0.2, 0.25) is 0 Å². The lowest BCUT2D eigenvalue weighted by atomic mass is 9.98. The van der Waals surface area contributed by atoms with E-state index < -0.39 is 0 Å². The lowest BCUT2D eigenvalue weighted by Gasteiger charge is -2.11. The Hall–Kier alpha value is -7.76. The highest BCUT2D eigenvalue weighted by Gasteiger charge is 2.21. The first kappa shape index (κ1) is 34.8. The number of aromatic nitrogens is 2. The largest absolute Gasteiger partial charge is 0.309 e. The lowest BCUT2D eigenvalue weighted by Crippen LogP contribution is -1.94. The summed E-state index contributed by atoms with van der Waals surface area (Å²) >= 11 is 3.79. The number of thiophene rings is 2. The number of hydrogen-bond acceptors (Lipinski definition) is 2. The molecule has 0 aliphatic carbocycles. The van der Waals surface area contributed by atoms with Gasteiger partial charge >= 0.3 is 0 Å². The van der Waals surface area contributed by atoms with Crippen molar-refractivity contribution in [2.24, 2.45) is 0 Å². The molecule has 5 heterocycles. The number of para-hydroxylation sites is 2. The molecular weight excluding hydrogens is 813 g/mol. The molecule has 0 saturated carbocycles. The van der Waals surface area contributed by atoms with E-state index in [4.69, 9.17) is 0 Å². The Morgan fingerprint density at radius 2 is 0.719 bits per heavy atom. The highest BCUT2D eigenvalue weighted by Crippen LogP contribution is 2.46. The van der Waals surface area contributed by atoms with E-state index in [9.17, 15) is 0 Å². The standard InChI is InChI=1S/C60H34N2S2/c1-5-19-52-42(11-1)50-33-38(34-51-43-12-2-6-20-53(43)62(52)58(50)51)35-23-27-39(28-24-35)61-54-29-25-36(40-15-9-17-46-44-13-3-7-21-56(44)63-59(40)46)31-48(54)49-32-37(26-30-55(49)61)41-16-10-18-47-45-14-4-8-22-57(45)64-60(41)47/h1-34H. The van der Waals surface area contributed by atoms with E-state index in [0.717, 1.165) is 5.69 Å². The van der Waals surface area contributed by atoms with Gasteiger partial charge in [-0.1, -0.05) is 133 Å². The van der Waals surface area contributed by atoms with E-state index in [2.05, 4.69) is 215 Å². The molecule has 0 radical (unpaired) electrons. The molecule has 0 atom stereocenters. The van der Waals surface area contributed by atoms with E-state index in [1.165, 1.54) is 134 Å². The average molecular weight is 847 g/mol. The lowest BCUT2D eigenvalue weighted by molar-refractivity contribution is 1.18. The monoisotopic (exact) mass is 846 g/mol. The summed E-state index contributed by atoms with van der Waals surface area (Å²) in [6.07, 6.45) is 0. The van der Waals surface area contributed by atoms with Gasteiger partial charge in [-0.2, -0.15) is 0 Å². The molecular formula is C60H34N2S2. The van der Waals surface area contributed by atoms with Crippen LogP contribution in [0.15, 0.2) is 206 Å². The van der Waals surface area contributed by atoms with Crippen LogP contribution in [0, 0.1) is 0 Å². The Labute approximate surface area is 375 Å². The van der Waals surface area contributed by atoms with E-state index in [0.29, 0.717) is 0 Å². The van der Waals surface area contributed by atoms with Crippen LogP contribution in [0.25, 0.3) is 139 Å². The molecule has 0 aliphatic rings. The predicted molar refractivity (Wildman–Crippen MR) is 278 cm³/mol. The van der Waals surface area contributed by atoms with Crippen molar-refractivity contribution in [3.63, 3.8) is 0 Å². The van der Waals surface area contributed by atoms with Gasteiger partial charge in [-0.15, -0.1) is 22.7 Å². The summed E-state index contributed by atoms with van der Waals surface area (Å²) in [6, 6.07) is 77.1. The van der Waals surface area contributed by atoms with Crippen LogP contribution in [0.2, 0.25) is 0 Å². The van der Waals surface area contributed by atoms with Gasteiger partial charge in [-0.3, -0.25) is 0 Å². The molecule has 0 saturated heterocycles. The van der Waals surface area contributed by atoms with Gasteiger partial charge in [0.25, 0.3) is 0 Å². The van der Waals surface area contributed by atoms with Crippen molar-refractivity contribution < 1.29 is 0 Å². The molecule has 15 rings (SSSR count). The van der Waals surface area contributed by atoms with Gasteiger partial charge in [-0.25, -0.2) is 0 Å².